The van der Waals surface area contributed by atoms with E-state index in [2.05, 4.69) is 10.4 Å². The number of carbonyl (C=O) groups is 1. The van der Waals surface area contributed by atoms with Crippen LogP contribution in [0.4, 0.5) is 0 Å². The zero-order chi connectivity index (χ0) is 19.1. The number of amides is 1. The van der Waals surface area contributed by atoms with Crippen molar-refractivity contribution < 1.29 is 13.2 Å². The smallest absolute Gasteiger partial charge is 0.246 e. The summed E-state index contributed by atoms with van der Waals surface area (Å²) in [6.45, 7) is 4.24. The fraction of sp³-hybridized carbons (Fsp3) is 0.789. The molecule has 2 saturated carbocycles. The summed E-state index contributed by atoms with van der Waals surface area (Å²) in [5, 5.41) is 7.24. The van der Waals surface area contributed by atoms with Gasteiger partial charge in [0.05, 0.1) is 6.20 Å². The molecule has 1 unspecified atom stereocenters. The van der Waals surface area contributed by atoms with E-state index in [4.69, 9.17) is 0 Å². The summed E-state index contributed by atoms with van der Waals surface area (Å²) in [7, 11) is -3.54. The first-order valence-corrected chi connectivity index (χ1v) is 11.7. The summed E-state index contributed by atoms with van der Waals surface area (Å²) in [5.74, 6) is 0.524. The van der Waals surface area contributed by atoms with E-state index in [0.29, 0.717) is 26.2 Å². The average Bonchev–Trinajstić information content (AvgIpc) is 3.30. The van der Waals surface area contributed by atoms with Crippen LogP contribution in [0, 0.1) is 17.3 Å². The molecule has 7 nitrogen and oxygen atoms in total. The predicted octanol–water partition coefficient (Wildman–Crippen LogP) is 2.00. The van der Waals surface area contributed by atoms with Crippen molar-refractivity contribution in [2.75, 3.05) is 19.6 Å². The SMILES string of the molecule is CCn1cc(S(=O)(=O)N2CC(CNC(=O)C3CC3)C3(CCCCC3)C2)cn1. The minimum absolute atomic E-state index is 0.00288. The van der Waals surface area contributed by atoms with E-state index in [-0.39, 0.29) is 28.1 Å². The Kier molecular flexibility index (Phi) is 5.05. The molecule has 1 amide bonds. The third-order valence-electron chi connectivity index (χ3n) is 6.67. The molecular weight excluding hydrogens is 364 g/mol. The van der Waals surface area contributed by atoms with Gasteiger partial charge in [-0.2, -0.15) is 9.40 Å². The van der Waals surface area contributed by atoms with Crippen LogP contribution in [-0.2, 0) is 21.4 Å². The summed E-state index contributed by atoms with van der Waals surface area (Å²) < 4.78 is 29.6. The van der Waals surface area contributed by atoms with Gasteiger partial charge in [-0.25, -0.2) is 8.42 Å². The van der Waals surface area contributed by atoms with Crippen molar-refractivity contribution >= 4 is 15.9 Å². The van der Waals surface area contributed by atoms with Crippen molar-refractivity contribution in [3.63, 3.8) is 0 Å². The van der Waals surface area contributed by atoms with Crippen LogP contribution in [0.3, 0.4) is 0 Å². The van der Waals surface area contributed by atoms with Crippen LogP contribution in [-0.4, -0.2) is 48.0 Å². The molecule has 0 bridgehead atoms. The number of sulfonamides is 1. The van der Waals surface area contributed by atoms with Gasteiger partial charge in [-0.05, 0) is 43.9 Å². The molecule has 1 aromatic rings. The Bertz CT molecular complexity index is 794. The van der Waals surface area contributed by atoms with Crippen LogP contribution in [0.5, 0.6) is 0 Å². The normalized spacial score (nSPS) is 25.7. The predicted molar refractivity (Wildman–Crippen MR) is 101 cm³/mol. The summed E-state index contributed by atoms with van der Waals surface area (Å²) in [5.41, 5.74) is 0.00288. The van der Waals surface area contributed by atoms with Gasteiger partial charge in [0.1, 0.15) is 4.90 Å². The van der Waals surface area contributed by atoms with Crippen LogP contribution in [0.2, 0.25) is 0 Å². The molecule has 1 spiro atoms. The standard InChI is InChI=1S/C19H30N4O3S/c1-2-22-13-17(11-21-22)27(25,26)23-12-16(10-20-18(24)15-6-7-15)19(14-23)8-4-3-5-9-19/h11,13,15-16H,2-10,12,14H2,1H3,(H,20,24). The summed E-state index contributed by atoms with van der Waals surface area (Å²) in [6.07, 6.45) is 10.7. The van der Waals surface area contributed by atoms with E-state index in [9.17, 15) is 13.2 Å². The highest BCUT2D eigenvalue weighted by Gasteiger charge is 2.50. The Morgan fingerprint density at radius 1 is 1.30 bits per heavy atom. The lowest BCUT2D eigenvalue weighted by molar-refractivity contribution is -0.122. The second-order valence-corrected chi connectivity index (χ2v) is 10.4. The molecule has 3 aliphatic rings. The van der Waals surface area contributed by atoms with E-state index in [1.807, 2.05) is 6.92 Å². The molecule has 1 saturated heterocycles. The molecule has 150 valence electrons. The highest BCUT2D eigenvalue weighted by atomic mass is 32.2. The fourth-order valence-electron chi connectivity index (χ4n) is 4.78. The molecular formula is C19H30N4O3S. The molecule has 2 aliphatic carbocycles. The Hall–Kier alpha value is -1.41. The van der Waals surface area contributed by atoms with Gasteiger partial charge in [-0.3, -0.25) is 9.48 Å². The molecule has 2 heterocycles. The first-order valence-electron chi connectivity index (χ1n) is 10.2. The van der Waals surface area contributed by atoms with Crippen molar-refractivity contribution in [3.05, 3.63) is 12.4 Å². The third kappa shape index (κ3) is 3.66. The lowest BCUT2D eigenvalue weighted by atomic mass is 9.68. The van der Waals surface area contributed by atoms with Gasteiger partial charge >= 0.3 is 0 Å². The number of rotatable bonds is 6. The van der Waals surface area contributed by atoms with Gasteiger partial charge in [0, 0.05) is 38.3 Å². The summed E-state index contributed by atoms with van der Waals surface area (Å²) in [6, 6.07) is 0. The first-order chi connectivity index (χ1) is 12.9. The maximum Gasteiger partial charge on any atom is 0.246 e. The van der Waals surface area contributed by atoms with Gasteiger partial charge in [0.15, 0.2) is 0 Å². The van der Waals surface area contributed by atoms with Crippen molar-refractivity contribution in [1.82, 2.24) is 19.4 Å². The number of nitrogens with one attached hydrogen (secondary N) is 1. The van der Waals surface area contributed by atoms with E-state index >= 15 is 0 Å². The number of aryl methyl sites for hydroxylation is 1. The second kappa shape index (κ2) is 7.20. The zero-order valence-electron chi connectivity index (χ0n) is 16.1. The van der Waals surface area contributed by atoms with Gasteiger partial charge in [0.25, 0.3) is 0 Å². The maximum atomic E-state index is 13.2. The minimum Gasteiger partial charge on any atom is -0.356 e. The van der Waals surface area contributed by atoms with Crippen LogP contribution in [0.25, 0.3) is 0 Å². The molecule has 1 aromatic heterocycles. The topological polar surface area (TPSA) is 84.3 Å². The largest absolute Gasteiger partial charge is 0.356 e. The number of hydrogen-bond donors (Lipinski definition) is 1. The number of nitrogens with zero attached hydrogens (tertiary/aromatic N) is 3. The van der Waals surface area contributed by atoms with Crippen LogP contribution in [0.15, 0.2) is 17.3 Å². The lowest BCUT2D eigenvalue weighted by Crippen LogP contribution is -2.40. The van der Waals surface area contributed by atoms with Gasteiger partial charge in [-0.1, -0.05) is 19.3 Å². The molecule has 27 heavy (non-hydrogen) atoms. The number of carbonyl (C=O) groups excluding carboxylic acids is 1. The van der Waals surface area contributed by atoms with E-state index < -0.39 is 10.0 Å². The molecule has 1 aliphatic heterocycles. The first kappa shape index (κ1) is 18.9. The van der Waals surface area contributed by atoms with Crippen molar-refractivity contribution in [2.45, 2.75) is 63.3 Å². The fourth-order valence-corrected chi connectivity index (χ4v) is 6.32. The van der Waals surface area contributed by atoms with Gasteiger partial charge < -0.3 is 5.32 Å². The molecule has 1 atom stereocenters. The lowest BCUT2D eigenvalue weighted by Gasteiger charge is -2.38. The molecule has 0 radical (unpaired) electrons. The van der Waals surface area contributed by atoms with E-state index in [1.54, 1.807) is 15.2 Å². The molecule has 1 N–H and O–H groups in total. The molecule has 0 aromatic carbocycles. The van der Waals surface area contributed by atoms with E-state index in [0.717, 1.165) is 38.5 Å². The highest BCUT2D eigenvalue weighted by molar-refractivity contribution is 7.89. The van der Waals surface area contributed by atoms with Crippen LogP contribution in [0.1, 0.15) is 51.9 Å². The Morgan fingerprint density at radius 3 is 2.67 bits per heavy atom. The van der Waals surface area contributed by atoms with E-state index in [1.165, 1.54) is 12.6 Å². The number of aromatic nitrogens is 2. The molecule has 3 fully saturated rings. The maximum absolute atomic E-state index is 13.2. The van der Waals surface area contributed by atoms with Crippen LogP contribution < -0.4 is 5.32 Å². The van der Waals surface area contributed by atoms with Gasteiger partial charge in [-0.15, -0.1) is 0 Å². The Morgan fingerprint density at radius 2 is 2.04 bits per heavy atom. The highest BCUT2D eigenvalue weighted by Crippen LogP contribution is 2.48. The Balaban J connectivity index is 1.53. The molecule has 4 rings (SSSR count). The zero-order valence-corrected chi connectivity index (χ0v) is 16.9. The summed E-state index contributed by atoms with van der Waals surface area (Å²) in [4.78, 5) is 12.4. The molecule has 8 heteroatoms. The second-order valence-electron chi connectivity index (χ2n) is 8.47. The summed E-state index contributed by atoms with van der Waals surface area (Å²) >= 11 is 0. The third-order valence-corrected chi connectivity index (χ3v) is 8.44. The van der Waals surface area contributed by atoms with Crippen molar-refractivity contribution in [1.29, 1.82) is 0 Å². The monoisotopic (exact) mass is 394 g/mol. The van der Waals surface area contributed by atoms with Crippen molar-refractivity contribution in [3.8, 4) is 0 Å². The minimum atomic E-state index is -3.54. The van der Waals surface area contributed by atoms with Gasteiger partial charge in [0.2, 0.25) is 15.9 Å². The van der Waals surface area contributed by atoms with Crippen molar-refractivity contribution in [2.24, 2.45) is 17.3 Å². The number of hydrogen-bond acceptors (Lipinski definition) is 4. The average molecular weight is 395 g/mol. The van der Waals surface area contributed by atoms with Crippen LogP contribution >= 0.6 is 0 Å². The Labute approximate surface area is 161 Å². The quantitative estimate of drug-likeness (QED) is 0.800.